The molecule has 0 fully saturated rings. The lowest BCUT2D eigenvalue weighted by atomic mass is 9.86. The van der Waals surface area contributed by atoms with Crippen LogP contribution >= 0.6 is 0 Å². The minimum Gasteiger partial charge on any atom is -0.0654 e. The zero-order valence-electron chi connectivity index (χ0n) is 15.7. The van der Waals surface area contributed by atoms with Gasteiger partial charge in [-0.05, 0) is 72.2 Å². The maximum absolute atomic E-state index is 2.41. The van der Waals surface area contributed by atoms with Crippen LogP contribution in [0, 0.1) is 13.8 Å². The fraction of sp³-hybridized carbons (Fsp3) is 0.417. The van der Waals surface area contributed by atoms with Crippen molar-refractivity contribution >= 4 is 21.5 Å². The number of fused-ring (bicyclic) bond motifs is 3. The first-order valence-electron chi connectivity index (χ1n) is 9.60. The van der Waals surface area contributed by atoms with Crippen LogP contribution in [-0.4, -0.2) is 0 Å². The van der Waals surface area contributed by atoms with Crippen molar-refractivity contribution in [3.05, 3.63) is 58.7 Å². The Balaban J connectivity index is 2.38. The molecule has 0 aliphatic rings. The third-order valence-electron chi connectivity index (χ3n) is 5.22. The first-order valence-corrected chi connectivity index (χ1v) is 9.60. The van der Waals surface area contributed by atoms with E-state index in [1.54, 1.807) is 11.1 Å². The fourth-order valence-corrected chi connectivity index (χ4v) is 3.89. The van der Waals surface area contributed by atoms with Crippen molar-refractivity contribution in [2.24, 2.45) is 0 Å². The molecule has 3 aromatic rings. The van der Waals surface area contributed by atoms with Crippen LogP contribution in [0.15, 0.2) is 36.4 Å². The molecule has 0 heterocycles. The van der Waals surface area contributed by atoms with Gasteiger partial charge in [0.2, 0.25) is 0 Å². The zero-order chi connectivity index (χ0) is 17.1. The summed E-state index contributed by atoms with van der Waals surface area (Å²) in [4.78, 5) is 0. The summed E-state index contributed by atoms with van der Waals surface area (Å²) >= 11 is 0. The number of unbranched alkanes of at least 4 members (excludes halogenated alkanes) is 2. The molecule has 0 aromatic heterocycles. The Hall–Kier alpha value is -1.82. The van der Waals surface area contributed by atoms with Crippen LogP contribution in [0.5, 0.6) is 0 Å². The Morgan fingerprint density at radius 2 is 1.00 bits per heavy atom. The van der Waals surface area contributed by atoms with Gasteiger partial charge in [-0.1, -0.05) is 74.2 Å². The maximum atomic E-state index is 2.41. The van der Waals surface area contributed by atoms with Crippen LogP contribution in [-0.2, 0) is 12.8 Å². The Bertz CT molecular complexity index is 782. The van der Waals surface area contributed by atoms with E-state index < -0.39 is 0 Å². The van der Waals surface area contributed by atoms with E-state index in [4.69, 9.17) is 0 Å². The maximum Gasteiger partial charge on any atom is -0.0102 e. The van der Waals surface area contributed by atoms with Gasteiger partial charge >= 0.3 is 0 Å². The molecule has 0 atom stereocenters. The second kappa shape index (κ2) is 7.38. The van der Waals surface area contributed by atoms with Crippen LogP contribution in [0.2, 0.25) is 0 Å². The molecule has 3 aromatic carbocycles. The summed E-state index contributed by atoms with van der Waals surface area (Å²) in [6.45, 7) is 9.02. The number of hydrogen-bond donors (Lipinski definition) is 0. The fourth-order valence-electron chi connectivity index (χ4n) is 3.89. The molecule has 0 aliphatic heterocycles. The molecule has 0 bridgehead atoms. The average Bonchev–Trinajstić information content (AvgIpc) is 2.58. The second-order valence-electron chi connectivity index (χ2n) is 7.26. The number of benzene rings is 3. The van der Waals surface area contributed by atoms with E-state index in [0.717, 1.165) is 0 Å². The van der Waals surface area contributed by atoms with Crippen molar-refractivity contribution in [2.45, 2.75) is 66.2 Å². The lowest BCUT2D eigenvalue weighted by molar-refractivity contribution is 0.765. The summed E-state index contributed by atoms with van der Waals surface area (Å²) in [5, 5.41) is 5.85. The van der Waals surface area contributed by atoms with Gasteiger partial charge in [0.15, 0.2) is 0 Å². The van der Waals surface area contributed by atoms with Gasteiger partial charge in [-0.2, -0.15) is 0 Å². The second-order valence-corrected chi connectivity index (χ2v) is 7.26. The van der Waals surface area contributed by atoms with Gasteiger partial charge in [0.25, 0.3) is 0 Å². The lowest BCUT2D eigenvalue weighted by Gasteiger charge is -2.18. The number of hydrogen-bond acceptors (Lipinski definition) is 0. The average molecular weight is 319 g/mol. The topological polar surface area (TPSA) is 0 Å². The van der Waals surface area contributed by atoms with E-state index in [-0.39, 0.29) is 0 Å². The van der Waals surface area contributed by atoms with E-state index in [1.165, 1.54) is 71.2 Å². The number of aryl methyl sites for hydroxylation is 4. The van der Waals surface area contributed by atoms with E-state index in [2.05, 4.69) is 64.1 Å². The zero-order valence-corrected chi connectivity index (χ0v) is 15.7. The molecule has 0 nitrogen and oxygen atoms in total. The van der Waals surface area contributed by atoms with Crippen molar-refractivity contribution in [1.82, 2.24) is 0 Å². The molecule has 0 unspecified atom stereocenters. The third-order valence-corrected chi connectivity index (χ3v) is 5.22. The molecule has 3 rings (SSSR count). The summed E-state index contributed by atoms with van der Waals surface area (Å²) in [7, 11) is 0. The molecule has 0 saturated heterocycles. The van der Waals surface area contributed by atoms with Crippen molar-refractivity contribution in [3.63, 3.8) is 0 Å². The normalized spacial score (nSPS) is 11.5. The molecular formula is C24H30. The predicted molar refractivity (Wildman–Crippen MR) is 108 cm³/mol. The highest BCUT2D eigenvalue weighted by Gasteiger charge is 2.14. The largest absolute Gasteiger partial charge is 0.0654 e. The van der Waals surface area contributed by atoms with Crippen molar-refractivity contribution in [1.29, 1.82) is 0 Å². The van der Waals surface area contributed by atoms with E-state index >= 15 is 0 Å². The SMILES string of the molecule is CCCCc1c(CCCC)c2cc(C)ccc2c2ccc(C)cc12. The third kappa shape index (κ3) is 3.20. The lowest BCUT2D eigenvalue weighted by Crippen LogP contribution is -2.00. The molecular weight excluding hydrogens is 288 g/mol. The van der Waals surface area contributed by atoms with Crippen LogP contribution in [0.25, 0.3) is 21.5 Å². The highest BCUT2D eigenvalue weighted by atomic mass is 14.2. The Kier molecular flexibility index (Phi) is 5.23. The molecule has 0 radical (unpaired) electrons. The summed E-state index contributed by atoms with van der Waals surface area (Å²) < 4.78 is 0. The van der Waals surface area contributed by atoms with Gasteiger partial charge in [0.1, 0.15) is 0 Å². The van der Waals surface area contributed by atoms with Crippen LogP contribution in [0.1, 0.15) is 61.8 Å². The number of rotatable bonds is 6. The van der Waals surface area contributed by atoms with Gasteiger partial charge in [0.05, 0.1) is 0 Å². The van der Waals surface area contributed by atoms with Gasteiger partial charge < -0.3 is 0 Å². The van der Waals surface area contributed by atoms with Gasteiger partial charge in [-0.25, -0.2) is 0 Å². The highest BCUT2D eigenvalue weighted by molar-refractivity contribution is 6.11. The van der Waals surface area contributed by atoms with Crippen molar-refractivity contribution < 1.29 is 0 Å². The monoisotopic (exact) mass is 318 g/mol. The molecule has 0 heteroatoms. The van der Waals surface area contributed by atoms with Gasteiger partial charge in [-0.15, -0.1) is 0 Å². The van der Waals surface area contributed by atoms with Crippen molar-refractivity contribution in [3.8, 4) is 0 Å². The first-order chi connectivity index (χ1) is 11.7. The first kappa shape index (κ1) is 17.0. The van der Waals surface area contributed by atoms with Crippen LogP contribution in [0.4, 0.5) is 0 Å². The minimum atomic E-state index is 1.21. The molecule has 0 amide bonds. The molecule has 24 heavy (non-hydrogen) atoms. The molecule has 0 N–H and O–H groups in total. The highest BCUT2D eigenvalue weighted by Crippen LogP contribution is 2.36. The van der Waals surface area contributed by atoms with E-state index in [0.29, 0.717) is 0 Å². The van der Waals surface area contributed by atoms with Crippen LogP contribution in [0.3, 0.4) is 0 Å². The van der Waals surface area contributed by atoms with Crippen molar-refractivity contribution in [2.75, 3.05) is 0 Å². The molecule has 0 spiro atoms. The summed E-state index contributed by atoms with van der Waals surface area (Å²) in [6, 6.07) is 14.0. The van der Waals surface area contributed by atoms with Gasteiger partial charge in [0, 0.05) is 0 Å². The summed E-state index contributed by atoms with van der Waals surface area (Å²) in [6.07, 6.45) is 7.48. The molecule has 0 saturated carbocycles. The Morgan fingerprint density at radius 3 is 1.38 bits per heavy atom. The summed E-state index contributed by atoms with van der Waals surface area (Å²) in [5.74, 6) is 0. The standard InChI is InChI=1S/C24H30/c1-5-7-9-19-20(10-8-6-2)24-16-18(4)12-14-22(24)21-13-11-17(3)15-23(19)21/h11-16H,5-10H2,1-4H3. The Labute approximate surface area is 146 Å². The molecule has 0 aliphatic carbocycles. The van der Waals surface area contributed by atoms with E-state index in [9.17, 15) is 0 Å². The van der Waals surface area contributed by atoms with E-state index in [1.807, 2.05) is 0 Å². The van der Waals surface area contributed by atoms with Crippen LogP contribution < -0.4 is 0 Å². The van der Waals surface area contributed by atoms with Gasteiger partial charge in [-0.3, -0.25) is 0 Å². The smallest absolute Gasteiger partial charge is 0.0102 e. The Morgan fingerprint density at radius 1 is 0.583 bits per heavy atom. The quantitative estimate of drug-likeness (QED) is 0.418. The minimum absolute atomic E-state index is 1.21. The summed E-state index contributed by atoms with van der Waals surface area (Å²) in [5.41, 5.74) is 5.96. The predicted octanol–water partition coefficient (Wildman–Crippen LogP) is 7.30. The molecule has 126 valence electrons.